The van der Waals surface area contributed by atoms with Gasteiger partial charge in [-0.25, -0.2) is 0 Å². The third kappa shape index (κ3) is 1.75. The van der Waals surface area contributed by atoms with Crippen LogP contribution in [0.1, 0.15) is 13.8 Å². The second-order valence-electron chi connectivity index (χ2n) is 4.18. The number of aliphatic hydroxyl groups is 1. The first-order valence-corrected chi connectivity index (χ1v) is 4.38. The van der Waals surface area contributed by atoms with E-state index in [-0.39, 0.29) is 17.9 Å². The SMILES string of the molecule is CN(C)C(C)(C)C1OCC(O)C1=O. The fourth-order valence-corrected chi connectivity index (χ4v) is 1.31. The van der Waals surface area contributed by atoms with Crippen LogP contribution in [0.25, 0.3) is 0 Å². The molecule has 2 unspecified atom stereocenters. The number of carbonyl (C=O) groups is 1. The summed E-state index contributed by atoms with van der Waals surface area (Å²) in [5, 5.41) is 9.22. The van der Waals surface area contributed by atoms with Gasteiger partial charge in [0.25, 0.3) is 0 Å². The largest absolute Gasteiger partial charge is 0.383 e. The molecular weight excluding hydrogens is 170 g/mol. The molecule has 2 atom stereocenters. The topological polar surface area (TPSA) is 49.8 Å². The van der Waals surface area contributed by atoms with Crippen LogP contribution in [0, 0.1) is 0 Å². The van der Waals surface area contributed by atoms with E-state index in [0.29, 0.717) is 0 Å². The van der Waals surface area contributed by atoms with Gasteiger partial charge in [-0.2, -0.15) is 0 Å². The molecule has 0 amide bonds. The lowest BCUT2D eigenvalue weighted by Crippen LogP contribution is -2.52. The highest BCUT2D eigenvalue weighted by Crippen LogP contribution is 2.24. The predicted molar refractivity (Wildman–Crippen MR) is 48.5 cm³/mol. The maximum absolute atomic E-state index is 11.5. The zero-order chi connectivity index (χ0) is 10.2. The van der Waals surface area contributed by atoms with E-state index in [9.17, 15) is 9.90 Å². The molecule has 0 aromatic carbocycles. The van der Waals surface area contributed by atoms with Gasteiger partial charge in [0, 0.05) is 5.54 Å². The first-order valence-electron chi connectivity index (χ1n) is 4.38. The molecule has 1 fully saturated rings. The third-order valence-corrected chi connectivity index (χ3v) is 2.80. The van der Waals surface area contributed by atoms with Crippen molar-refractivity contribution >= 4 is 5.78 Å². The summed E-state index contributed by atoms with van der Waals surface area (Å²) >= 11 is 0. The van der Waals surface area contributed by atoms with Gasteiger partial charge >= 0.3 is 0 Å². The molecule has 0 spiro atoms. The van der Waals surface area contributed by atoms with Crippen LogP contribution >= 0.6 is 0 Å². The summed E-state index contributed by atoms with van der Waals surface area (Å²) in [5.74, 6) is -0.210. The van der Waals surface area contributed by atoms with E-state index in [1.165, 1.54) is 0 Å². The number of carbonyl (C=O) groups excluding carboxylic acids is 1. The van der Waals surface area contributed by atoms with Crippen LogP contribution < -0.4 is 0 Å². The minimum atomic E-state index is -0.941. The minimum Gasteiger partial charge on any atom is -0.383 e. The number of hydrogen-bond acceptors (Lipinski definition) is 4. The highest BCUT2D eigenvalue weighted by molar-refractivity contribution is 5.90. The molecule has 0 aromatic heterocycles. The fraction of sp³-hybridized carbons (Fsp3) is 0.889. The van der Waals surface area contributed by atoms with Crippen LogP contribution in [0.2, 0.25) is 0 Å². The lowest BCUT2D eigenvalue weighted by molar-refractivity contribution is -0.131. The van der Waals surface area contributed by atoms with Gasteiger partial charge in [-0.15, -0.1) is 0 Å². The van der Waals surface area contributed by atoms with Crippen LogP contribution in [0.3, 0.4) is 0 Å². The van der Waals surface area contributed by atoms with E-state index >= 15 is 0 Å². The van der Waals surface area contributed by atoms with Crippen molar-refractivity contribution in [2.75, 3.05) is 20.7 Å². The fourth-order valence-electron chi connectivity index (χ4n) is 1.31. The smallest absolute Gasteiger partial charge is 0.194 e. The molecule has 1 heterocycles. The Hall–Kier alpha value is -0.450. The van der Waals surface area contributed by atoms with Gasteiger partial charge in [0.05, 0.1) is 6.61 Å². The van der Waals surface area contributed by atoms with E-state index in [4.69, 9.17) is 4.74 Å². The molecule has 13 heavy (non-hydrogen) atoms. The monoisotopic (exact) mass is 187 g/mol. The third-order valence-electron chi connectivity index (χ3n) is 2.80. The Labute approximate surface area is 78.5 Å². The number of likely N-dealkylation sites (N-methyl/N-ethyl adjacent to an activating group) is 1. The van der Waals surface area contributed by atoms with Crippen LogP contribution in [0.15, 0.2) is 0 Å². The van der Waals surface area contributed by atoms with Crippen molar-refractivity contribution in [3.05, 3.63) is 0 Å². The lowest BCUT2D eigenvalue weighted by Gasteiger charge is -2.36. The zero-order valence-corrected chi connectivity index (χ0v) is 8.57. The summed E-state index contributed by atoms with van der Waals surface area (Å²) in [7, 11) is 3.78. The standard InChI is InChI=1S/C9H17NO3/c1-9(2,10(3)4)8-7(12)6(11)5-13-8/h6,8,11H,5H2,1-4H3. The van der Waals surface area contributed by atoms with Gasteiger partial charge in [0.15, 0.2) is 5.78 Å². The Morgan fingerprint density at radius 2 is 2.08 bits per heavy atom. The van der Waals surface area contributed by atoms with Gasteiger partial charge in [-0.3, -0.25) is 4.79 Å². The Balaban J connectivity index is 2.78. The number of hydrogen-bond donors (Lipinski definition) is 1. The number of Topliss-reactive ketones (excluding diaryl/α,β-unsaturated/α-hetero) is 1. The summed E-state index contributed by atoms with van der Waals surface area (Å²) in [4.78, 5) is 13.4. The minimum absolute atomic E-state index is 0.126. The highest BCUT2D eigenvalue weighted by atomic mass is 16.5. The average molecular weight is 187 g/mol. The van der Waals surface area contributed by atoms with E-state index in [1.807, 2.05) is 32.8 Å². The predicted octanol–water partition coefficient (Wildman–Crippen LogP) is -0.345. The first kappa shape index (κ1) is 10.6. The van der Waals surface area contributed by atoms with Crippen molar-refractivity contribution in [1.29, 1.82) is 0 Å². The molecule has 1 rings (SSSR count). The van der Waals surface area contributed by atoms with E-state index < -0.39 is 12.2 Å². The van der Waals surface area contributed by atoms with Gasteiger partial charge in [0.1, 0.15) is 12.2 Å². The molecule has 0 radical (unpaired) electrons. The molecule has 1 saturated heterocycles. The quantitative estimate of drug-likeness (QED) is 0.642. The second kappa shape index (κ2) is 3.36. The maximum atomic E-state index is 11.5. The molecule has 0 saturated carbocycles. The van der Waals surface area contributed by atoms with E-state index in [1.54, 1.807) is 0 Å². The summed E-state index contributed by atoms with van der Waals surface area (Å²) in [5.41, 5.74) is -0.367. The molecule has 0 aromatic rings. The van der Waals surface area contributed by atoms with Crippen molar-refractivity contribution in [3.8, 4) is 0 Å². The molecule has 1 aliphatic heterocycles. The van der Waals surface area contributed by atoms with Crippen LogP contribution in [0.5, 0.6) is 0 Å². The normalized spacial score (nSPS) is 30.2. The molecule has 76 valence electrons. The number of aliphatic hydroxyl groups excluding tert-OH is 1. The van der Waals surface area contributed by atoms with Crippen LogP contribution in [-0.2, 0) is 9.53 Å². The number of ether oxygens (including phenoxy) is 1. The van der Waals surface area contributed by atoms with E-state index in [2.05, 4.69) is 0 Å². The Morgan fingerprint density at radius 1 is 1.54 bits per heavy atom. The van der Waals surface area contributed by atoms with E-state index in [0.717, 1.165) is 0 Å². The number of ketones is 1. The zero-order valence-electron chi connectivity index (χ0n) is 8.57. The van der Waals surface area contributed by atoms with Crippen molar-refractivity contribution < 1.29 is 14.6 Å². The summed E-state index contributed by atoms with van der Waals surface area (Å²) < 4.78 is 5.26. The summed E-state index contributed by atoms with van der Waals surface area (Å²) in [6, 6.07) is 0. The molecule has 4 nitrogen and oxygen atoms in total. The first-order chi connectivity index (χ1) is 5.87. The molecule has 1 aliphatic rings. The molecular formula is C9H17NO3. The highest BCUT2D eigenvalue weighted by Gasteiger charge is 2.45. The van der Waals surface area contributed by atoms with Gasteiger partial charge in [-0.05, 0) is 27.9 Å². The van der Waals surface area contributed by atoms with Crippen LogP contribution in [0.4, 0.5) is 0 Å². The summed E-state index contributed by atoms with van der Waals surface area (Å²) in [6.07, 6.45) is -1.46. The van der Waals surface area contributed by atoms with Crippen molar-refractivity contribution in [2.24, 2.45) is 0 Å². The Morgan fingerprint density at radius 3 is 2.38 bits per heavy atom. The molecule has 4 heteroatoms. The second-order valence-corrected chi connectivity index (χ2v) is 4.18. The van der Waals surface area contributed by atoms with Crippen molar-refractivity contribution in [2.45, 2.75) is 31.6 Å². The number of nitrogens with zero attached hydrogens (tertiary/aromatic N) is 1. The van der Waals surface area contributed by atoms with Crippen molar-refractivity contribution in [1.82, 2.24) is 4.90 Å². The Kier molecular flexibility index (Phi) is 2.75. The lowest BCUT2D eigenvalue weighted by atomic mass is 9.92. The number of rotatable bonds is 2. The van der Waals surface area contributed by atoms with Gasteiger partial charge in [-0.1, -0.05) is 0 Å². The maximum Gasteiger partial charge on any atom is 0.194 e. The summed E-state index contributed by atoms with van der Waals surface area (Å²) in [6.45, 7) is 3.97. The van der Waals surface area contributed by atoms with Gasteiger partial charge < -0.3 is 14.7 Å². The van der Waals surface area contributed by atoms with Crippen molar-refractivity contribution in [3.63, 3.8) is 0 Å². The molecule has 0 bridgehead atoms. The molecule has 1 N–H and O–H groups in total. The average Bonchev–Trinajstić information content (AvgIpc) is 2.33. The Bertz CT molecular complexity index is 213. The molecule has 0 aliphatic carbocycles. The van der Waals surface area contributed by atoms with Gasteiger partial charge in [0.2, 0.25) is 0 Å². The van der Waals surface area contributed by atoms with Crippen LogP contribution in [-0.4, -0.2) is 54.2 Å².